The fourth-order valence-electron chi connectivity index (χ4n) is 2.63. The Balaban J connectivity index is 1.31. The molecule has 0 N–H and O–H groups in total. The molecule has 0 bridgehead atoms. The van der Waals surface area contributed by atoms with Crippen molar-refractivity contribution >= 4 is 17.8 Å². The molecular formula is C20H19NO6. The number of hydrogen-bond donors (Lipinski definition) is 0. The summed E-state index contributed by atoms with van der Waals surface area (Å²) < 4.78 is 15.6. The van der Waals surface area contributed by atoms with Crippen LogP contribution in [0.25, 0.3) is 0 Å². The molecule has 0 spiro atoms. The van der Waals surface area contributed by atoms with Crippen molar-refractivity contribution in [2.75, 3.05) is 33.0 Å². The molecule has 7 heteroatoms. The molecule has 1 heterocycles. The van der Waals surface area contributed by atoms with E-state index in [1.807, 2.05) is 30.3 Å². The van der Waals surface area contributed by atoms with Crippen molar-refractivity contribution in [1.82, 2.24) is 4.90 Å². The third-order valence-corrected chi connectivity index (χ3v) is 3.92. The minimum atomic E-state index is -0.564. The van der Waals surface area contributed by atoms with Gasteiger partial charge in [-0.05, 0) is 24.3 Å². The van der Waals surface area contributed by atoms with Crippen LogP contribution >= 0.6 is 0 Å². The lowest BCUT2D eigenvalue weighted by Crippen LogP contribution is -2.33. The molecule has 0 atom stereocenters. The third kappa shape index (κ3) is 4.71. The van der Waals surface area contributed by atoms with Crippen molar-refractivity contribution in [3.8, 4) is 5.75 Å². The maximum atomic E-state index is 12.2. The molecule has 140 valence electrons. The summed E-state index contributed by atoms with van der Waals surface area (Å²) >= 11 is 0. The van der Waals surface area contributed by atoms with E-state index in [1.165, 1.54) is 0 Å². The van der Waals surface area contributed by atoms with Gasteiger partial charge in [0.05, 0.1) is 24.3 Å². The number of nitrogens with zero attached hydrogens (tertiary/aromatic N) is 1. The summed E-state index contributed by atoms with van der Waals surface area (Å²) in [7, 11) is 0. The zero-order valence-corrected chi connectivity index (χ0v) is 14.6. The van der Waals surface area contributed by atoms with Crippen LogP contribution in [0.3, 0.4) is 0 Å². The van der Waals surface area contributed by atoms with Gasteiger partial charge in [-0.3, -0.25) is 14.5 Å². The molecule has 1 aliphatic heterocycles. The molecule has 0 unspecified atom stereocenters. The highest BCUT2D eigenvalue weighted by Gasteiger charge is 2.34. The lowest BCUT2D eigenvalue weighted by molar-refractivity contribution is -0.149. The van der Waals surface area contributed by atoms with Crippen LogP contribution in [0.1, 0.15) is 20.7 Å². The summed E-state index contributed by atoms with van der Waals surface area (Å²) in [5.74, 6) is -0.585. The number of imide groups is 1. The SMILES string of the molecule is O=C(COCCOc1ccccc1)OCCN1C(=O)c2ccccc2C1=O. The first-order valence-electron chi connectivity index (χ1n) is 8.53. The number of ether oxygens (including phenoxy) is 3. The highest BCUT2D eigenvalue weighted by atomic mass is 16.6. The Morgan fingerprint density at radius 2 is 1.44 bits per heavy atom. The van der Waals surface area contributed by atoms with Gasteiger partial charge in [-0.2, -0.15) is 0 Å². The number of carbonyl (C=O) groups is 3. The van der Waals surface area contributed by atoms with Gasteiger partial charge in [-0.15, -0.1) is 0 Å². The molecule has 0 radical (unpaired) electrons. The van der Waals surface area contributed by atoms with E-state index in [2.05, 4.69) is 0 Å². The summed E-state index contributed by atoms with van der Waals surface area (Å²) in [5, 5.41) is 0. The normalized spacial score (nSPS) is 12.8. The van der Waals surface area contributed by atoms with Crippen molar-refractivity contribution in [3.63, 3.8) is 0 Å². The molecule has 1 aliphatic rings. The van der Waals surface area contributed by atoms with E-state index < -0.39 is 5.97 Å². The van der Waals surface area contributed by atoms with Gasteiger partial charge in [0.1, 0.15) is 25.6 Å². The standard InChI is InChI=1S/C20H19NO6/c22-18(14-25-12-13-26-15-6-2-1-3-7-15)27-11-10-21-19(23)16-8-4-5-9-17(16)20(21)24/h1-9H,10-14H2. The summed E-state index contributed by atoms with van der Waals surface area (Å²) in [6.07, 6.45) is 0. The Morgan fingerprint density at radius 3 is 2.11 bits per heavy atom. The number of carbonyl (C=O) groups excluding carboxylic acids is 3. The number of rotatable bonds is 9. The Labute approximate surface area is 156 Å². The second kappa shape index (κ2) is 8.95. The van der Waals surface area contributed by atoms with Crippen LogP contribution < -0.4 is 4.74 Å². The third-order valence-electron chi connectivity index (χ3n) is 3.92. The van der Waals surface area contributed by atoms with Gasteiger partial charge >= 0.3 is 5.97 Å². The first kappa shape index (κ1) is 18.6. The second-order valence-corrected chi connectivity index (χ2v) is 5.74. The Kier molecular flexibility index (Phi) is 6.17. The Bertz CT molecular complexity index is 785. The van der Waals surface area contributed by atoms with E-state index >= 15 is 0 Å². The number of para-hydroxylation sites is 1. The van der Waals surface area contributed by atoms with Crippen LogP contribution in [-0.2, 0) is 14.3 Å². The largest absolute Gasteiger partial charge is 0.491 e. The molecule has 2 amide bonds. The predicted molar refractivity (Wildman–Crippen MR) is 95.5 cm³/mol. The molecule has 7 nitrogen and oxygen atoms in total. The summed E-state index contributed by atoms with van der Waals surface area (Å²) in [6.45, 7) is 0.262. The highest BCUT2D eigenvalue weighted by Crippen LogP contribution is 2.21. The van der Waals surface area contributed by atoms with Crippen molar-refractivity contribution in [2.45, 2.75) is 0 Å². The van der Waals surface area contributed by atoms with Gasteiger partial charge in [0.25, 0.3) is 11.8 Å². The van der Waals surface area contributed by atoms with E-state index in [4.69, 9.17) is 14.2 Å². The number of esters is 1. The first-order valence-corrected chi connectivity index (χ1v) is 8.53. The molecular weight excluding hydrogens is 350 g/mol. The zero-order valence-electron chi connectivity index (χ0n) is 14.6. The fourth-order valence-corrected chi connectivity index (χ4v) is 2.63. The molecule has 0 saturated heterocycles. The van der Waals surface area contributed by atoms with Crippen LogP contribution in [0.2, 0.25) is 0 Å². The van der Waals surface area contributed by atoms with Gasteiger partial charge < -0.3 is 14.2 Å². The van der Waals surface area contributed by atoms with E-state index in [0.717, 1.165) is 10.6 Å². The number of benzene rings is 2. The summed E-state index contributed by atoms with van der Waals surface area (Å²) in [5.41, 5.74) is 0.742. The zero-order chi connectivity index (χ0) is 19.1. The van der Waals surface area contributed by atoms with Crippen LogP contribution in [0.5, 0.6) is 5.75 Å². The number of hydrogen-bond acceptors (Lipinski definition) is 6. The fraction of sp³-hybridized carbons (Fsp3) is 0.250. The van der Waals surface area contributed by atoms with Gasteiger partial charge in [0.15, 0.2) is 0 Å². The van der Waals surface area contributed by atoms with E-state index in [9.17, 15) is 14.4 Å². The Morgan fingerprint density at radius 1 is 0.815 bits per heavy atom. The average Bonchev–Trinajstić information content (AvgIpc) is 2.94. The second-order valence-electron chi connectivity index (χ2n) is 5.74. The van der Waals surface area contributed by atoms with Gasteiger partial charge in [-0.25, -0.2) is 4.79 Å². The molecule has 0 fully saturated rings. The first-order chi connectivity index (χ1) is 13.2. The van der Waals surface area contributed by atoms with Crippen LogP contribution in [0, 0.1) is 0 Å². The van der Waals surface area contributed by atoms with E-state index in [-0.39, 0.29) is 38.2 Å². The Hall–Kier alpha value is -3.19. The smallest absolute Gasteiger partial charge is 0.332 e. The van der Waals surface area contributed by atoms with Crippen LogP contribution in [0.15, 0.2) is 54.6 Å². The lowest BCUT2D eigenvalue weighted by atomic mass is 10.1. The quantitative estimate of drug-likeness (QED) is 0.382. The van der Waals surface area contributed by atoms with Crippen molar-refractivity contribution in [2.24, 2.45) is 0 Å². The van der Waals surface area contributed by atoms with Gasteiger partial charge in [-0.1, -0.05) is 30.3 Å². The molecule has 2 aromatic carbocycles. The monoisotopic (exact) mass is 369 g/mol. The highest BCUT2D eigenvalue weighted by molar-refractivity contribution is 6.21. The van der Waals surface area contributed by atoms with Crippen LogP contribution in [-0.4, -0.2) is 55.7 Å². The molecule has 3 rings (SSSR count). The van der Waals surface area contributed by atoms with Gasteiger partial charge in [0, 0.05) is 0 Å². The van der Waals surface area contributed by atoms with Crippen molar-refractivity contribution in [3.05, 3.63) is 65.7 Å². The van der Waals surface area contributed by atoms with Crippen LogP contribution in [0.4, 0.5) is 0 Å². The summed E-state index contributed by atoms with van der Waals surface area (Å²) in [4.78, 5) is 37.1. The number of amides is 2. The van der Waals surface area contributed by atoms with E-state index in [1.54, 1.807) is 24.3 Å². The minimum absolute atomic E-state index is 0.00913. The maximum Gasteiger partial charge on any atom is 0.332 e. The van der Waals surface area contributed by atoms with E-state index in [0.29, 0.717) is 17.7 Å². The molecule has 2 aromatic rings. The molecule has 27 heavy (non-hydrogen) atoms. The molecule has 0 aliphatic carbocycles. The van der Waals surface area contributed by atoms with Gasteiger partial charge in [0.2, 0.25) is 0 Å². The predicted octanol–water partition coefficient (Wildman–Crippen LogP) is 1.92. The van der Waals surface area contributed by atoms with Crippen molar-refractivity contribution in [1.29, 1.82) is 0 Å². The number of fused-ring (bicyclic) bond motifs is 1. The summed E-state index contributed by atoms with van der Waals surface area (Å²) in [6, 6.07) is 15.9. The molecule has 0 saturated carbocycles. The average molecular weight is 369 g/mol. The minimum Gasteiger partial charge on any atom is -0.491 e. The maximum absolute atomic E-state index is 12.2. The topological polar surface area (TPSA) is 82.1 Å². The molecule has 0 aromatic heterocycles. The van der Waals surface area contributed by atoms with Crippen molar-refractivity contribution < 1.29 is 28.6 Å². The lowest BCUT2D eigenvalue weighted by Gasteiger charge is -2.13.